The first kappa shape index (κ1) is 20.7. The summed E-state index contributed by atoms with van der Waals surface area (Å²) in [6.45, 7) is 4.09. The van der Waals surface area contributed by atoms with Gasteiger partial charge in [0, 0.05) is 22.6 Å². The molecule has 0 bridgehead atoms. The van der Waals surface area contributed by atoms with Crippen LogP contribution in [-0.4, -0.2) is 32.9 Å². The third kappa shape index (κ3) is 5.06. The number of rotatable bonds is 7. The Morgan fingerprint density at radius 1 is 1.07 bits per heavy atom. The molecule has 1 N–H and O–H groups in total. The van der Waals surface area contributed by atoms with E-state index in [4.69, 9.17) is 15.4 Å². The quantitative estimate of drug-likeness (QED) is 0.667. The second-order valence-corrected chi connectivity index (χ2v) is 10.3. The van der Waals surface area contributed by atoms with Gasteiger partial charge in [0.2, 0.25) is 9.05 Å². The fourth-order valence-corrected chi connectivity index (χ4v) is 4.94. The van der Waals surface area contributed by atoms with Crippen LogP contribution in [0.4, 0.5) is 4.79 Å². The SMILES string of the molecule is CC(C)C[C@@H](CS(=O)(=O)Cl)NC(=O)OCC1c2ccccc2-c2ccccc21. The normalized spacial score (nSPS) is 14.4. The van der Waals surface area contributed by atoms with E-state index in [1.54, 1.807) is 0 Å². The lowest BCUT2D eigenvalue weighted by atomic mass is 9.98. The smallest absolute Gasteiger partial charge is 0.407 e. The summed E-state index contributed by atoms with van der Waals surface area (Å²) in [5.41, 5.74) is 4.55. The Balaban J connectivity index is 1.69. The number of hydrogen-bond acceptors (Lipinski definition) is 4. The molecule has 1 atom stereocenters. The molecule has 2 aromatic rings. The van der Waals surface area contributed by atoms with Gasteiger partial charge < -0.3 is 10.1 Å². The molecule has 0 saturated carbocycles. The first-order valence-electron chi connectivity index (χ1n) is 9.28. The van der Waals surface area contributed by atoms with E-state index in [9.17, 15) is 13.2 Å². The van der Waals surface area contributed by atoms with Gasteiger partial charge >= 0.3 is 6.09 Å². The number of benzene rings is 2. The first-order chi connectivity index (χ1) is 13.2. The fourth-order valence-electron chi connectivity index (χ4n) is 3.78. The third-order valence-electron chi connectivity index (χ3n) is 4.82. The number of carbonyl (C=O) groups excluding carboxylic acids is 1. The molecule has 5 nitrogen and oxygen atoms in total. The van der Waals surface area contributed by atoms with Gasteiger partial charge in [-0.1, -0.05) is 62.4 Å². The molecule has 0 aromatic heterocycles. The summed E-state index contributed by atoms with van der Waals surface area (Å²) in [6.07, 6.45) is -0.135. The lowest BCUT2D eigenvalue weighted by molar-refractivity contribution is 0.139. The summed E-state index contributed by atoms with van der Waals surface area (Å²) in [7, 11) is 1.64. The molecule has 28 heavy (non-hydrogen) atoms. The molecule has 2 aromatic carbocycles. The minimum atomic E-state index is -3.72. The van der Waals surface area contributed by atoms with Crippen LogP contribution >= 0.6 is 10.7 Å². The summed E-state index contributed by atoms with van der Waals surface area (Å²) in [6, 6.07) is 15.6. The Morgan fingerprint density at radius 3 is 2.11 bits per heavy atom. The van der Waals surface area contributed by atoms with Gasteiger partial charge in [0.15, 0.2) is 0 Å². The second kappa shape index (κ2) is 8.53. The fraction of sp³-hybridized carbons (Fsp3) is 0.381. The van der Waals surface area contributed by atoms with Crippen molar-refractivity contribution in [1.82, 2.24) is 5.32 Å². The Morgan fingerprint density at radius 2 is 1.61 bits per heavy atom. The zero-order chi connectivity index (χ0) is 20.3. The average molecular weight is 422 g/mol. The third-order valence-corrected chi connectivity index (χ3v) is 6.00. The van der Waals surface area contributed by atoms with Crippen LogP contribution in [0.5, 0.6) is 0 Å². The highest BCUT2D eigenvalue weighted by Crippen LogP contribution is 2.44. The molecule has 0 saturated heterocycles. The number of halogens is 1. The molecule has 7 heteroatoms. The van der Waals surface area contributed by atoms with E-state index in [-0.39, 0.29) is 24.2 Å². The van der Waals surface area contributed by atoms with Crippen LogP contribution in [0.1, 0.15) is 37.3 Å². The zero-order valence-corrected chi connectivity index (χ0v) is 17.5. The molecule has 0 heterocycles. The number of ether oxygens (including phenoxy) is 1. The van der Waals surface area contributed by atoms with E-state index in [2.05, 4.69) is 17.4 Å². The number of alkyl carbamates (subject to hydrolysis) is 1. The van der Waals surface area contributed by atoms with Crippen LogP contribution < -0.4 is 5.32 Å². The van der Waals surface area contributed by atoms with Gasteiger partial charge in [0.25, 0.3) is 0 Å². The van der Waals surface area contributed by atoms with Crippen molar-refractivity contribution in [3.8, 4) is 11.1 Å². The van der Waals surface area contributed by atoms with Gasteiger partial charge in [-0.2, -0.15) is 0 Å². The van der Waals surface area contributed by atoms with Crippen LogP contribution in [0.15, 0.2) is 48.5 Å². The predicted octanol–water partition coefficient (Wildman–Crippen LogP) is 4.51. The van der Waals surface area contributed by atoms with E-state index in [0.717, 1.165) is 22.3 Å². The van der Waals surface area contributed by atoms with Crippen LogP contribution in [-0.2, 0) is 13.8 Å². The van der Waals surface area contributed by atoms with Gasteiger partial charge in [-0.3, -0.25) is 0 Å². The maximum absolute atomic E-state index is 12.3. The van der Waals surface area contributed by atoms with E-state index in [1.165, 1.54) is 0 Å². The number of nitrogens with one attached hydrogen (secondary N) is 1. The van der Waals surface area contributed by atoms with Crippen molar-refractivity contribution in [1.29, 1.82) is 0 Å². The predicted molar refractivity (Wildman–Crippen MR) is 111 cm³/mol. The van der Waals surface area contributed by atoms with E-state index in [0.29, 0.717) is 6.42 Å². The van der Waals surface area contributed by atoms with Gasteiger partial charge in [-0.15, -0.1) is 0 Å². The topological polar surface area (TPSA) is 72.5 Å². The summed E-state index contributed by atoms with van der Waals surface area (Å²) in [5.74, 6) is -0.160. The minimum Gasteiger partial charge on any atom is -0.449 e. The maximum Gasteiger partial charge on any atom is 0.407 e. The van der Waals surface area contributed by atoms with Crippen molar-refractivity contribution in [2.45, 2.75) is 32.2 Å². The molecule has 1 aliphatic carbocycles. The van der Waals surface area contributed by atoms with Crippen LogP contribution in [0.25, 0.3) is 11.1 Å². The molecule has 0 unspecified atom stereocenters. The summed E-state index contributed by atoms with van der Waals surface area (Å²) in [4.78, 5) is 12.3. The lowest BCUT2D eigenvalue weighted by Gasteiger charge is -2.20. The number of carbonyl (C=O) groups is 1. The highest BCUT2D eigenvalue weighted by molar-refractivity contribution is 8.13. The zero-order valence-electron chi connectivity index (χ0n) is 15.9. The van der Waals surface area contributed by atoms with Crippen molar-refractivity contribution in [3.63, 3.8) is 0 Å². The average Bonchev–Trinajstić information content (AvgIpc) is 2.92. The van der Waals surface area contributed by atoms with Crippen molar-refractivity contribution in [2.75, 3.05) is 12.4 Å². The lowest BCUT2D eigenvalue weighted by Crippen LogP contribution is -2.40. The molecule has 0 fully saturated rings. The van der Waals surface area contributed by atoms with E-state index in [1.807, 2.05) is 50.2 Å². The summed E-state index contributed by atoms with van der Waals surface area (Å²) < 4.78 is 28.3. The summed E-state index contributed by atoms with van der Waals surface area (Å²) in [5, 5.41) is 2.65. The van der Waals surface area contributed by atoms with Crippen molar-refractivity contribution < 1.29 is 17.9 Å². The van der Waals surface area contributed by atoms with Crippen molar-refractivity contribution >= 4 is 25.8 Å². The standard InChI is InChI=1S/C21H24ClNO4S/c1-14(2)11-15(13-28(22,25)26)23-21(24)27-12-20-18-9-5-3-7-16(18)17-8-4-6-10-19(17)20/h3-10,14-15,20H,11-13H2,1-2H3,(H,23,24)/t15-/m0/s1. The molecule has 150 valence electrons. The van der Waals surface area contributed by atoms with Crippen LogP contribution in [0.2, 0.25) is 0 Å². The molecule has 0 spiro atoms. The Labute approximate surface area is 170 Å². The number of hydrogen-bond donors (Lipinski definition) is 1. The monoisotopic (exact) mass is 421 g/mol. The highest BCUT2D eigenvalue weighted by atomic mass is 35.7. The first-order valence-corrected chi connectivity index (χ1v) is 11.8. The van der Waals surface area contributed by atoms with Gasteiger partial charge in [0.05, 0.1) is 5.75 Å². The van der Waals surface area contributed by atoms with Gasteiger partial charge in [-0.05, 0) is 34.6 Å². The van der Waals surface area contributed by atoms with Crippen molar-refractivity contribution in [3.05, 3.63) is 59.7 Å². The molecule has 1 aliphatic rings. The molecule has 1 amide bonds. The van der Waals surface area contributed by atoms with Crippen LogP contribution in [0, 0.1) is 5.92 Å². The molecule has 3 rings (SSSR count). The van der Waals surface area contributed by atoms with E-state index < -0.39 is 21.2 Å². The Hall–Kier alpha value is -2.05. The van der Waals surface area contributed by atoms with Crippen molar-refractivity contribution in [2.24, 2.45) is 5.92 Å². The van der Waals surface area contributed by atoms with Crippen LogP contribution in [0.3, 0.4) is 0 Å². The van der Waals surface area contributed by atoms with Gasteiger partial charge in [-0.25, -0.2) is 13.2 Å². The second-order valence-electron chi connectivity index (χ2n) is 7.50. The largest absolute Gasteiger partial charge is 0.449 e. The Kier molecular flexibility index (Phi) is 6.30. The summed E-state index contributed by atoms with van der Waals surface area (Å²) >= 11 is 0. The Bertz CT molecular complexity index is 913. The highest BCUT2D eigenvalue weighted by Gasteiger charge is 2.29. The number of amides is 1. The molecular formula is C21H24ClNO4S. The van der Waals surface area contributed by atoms with E-state index >= 15 is 0 Å². The maximum atomic E-state index is 12.3. The minimum absolute atomic E-state index is 0.0431. The molecule has 0 radical (unpaired) electrons. The molecule has 0 aliphatic heterocycles. The number of fused-ring (bicyclic) bond motifs is 3. The molecular weight excluding hydrogens is 398 g/mol. The van der Waals surface area contributed by atoms with Gasteiger partial charge in [0.1, 0.15) is 6.61 Å².